The predicted octanol–water partition coefficient (Wildman–Crippen LogP) is 4.17. The van der Waals surface area contributed by atoms with Crippen molar-refractivity contribution in [3.05, 3.63) is 57.1 Å². The van der Waals surface area contributed by atoms with Crippen molar-refractivity contribution in [3.8, 4) is 5.75 Å². The number of carbonyl (C=O) groups is 2. The number of thioether (sulfide) groups is 1. The molecule has 4 nitrogen and oxygen atoms in total. The Morgan fingerprint density at radius 3 is 2.65 bits per heavy atom. The molecule has 0 bridgehead atoms. The SMILES string of the molecule is Cc1ccc(OCCN2C(=O)S/C(=C\c3ccsc3)C2=O)cc1. The van der Waals surface area contributed by atoms with E-state index in [0.717, 1.165) is 28.6 Å². The molecule has 0 saturated carbocycles. The van der Waals surface area contributed by atoms with Gasteiger partial charge in [-0.05, 0) is 59.3 Å². The second-order valence-electron chi connectivity index (χ2n) is 5.05. The van der Waals surface area contributed by atoms with Crippen molar-refractivity contribution in [2.24, 2.45) is 0 Å². The Morgan fingerprint density at radius 2 is 1.96 bits per heavy atom. The van der Waals surface area contributed by atoms with Gasteiger partial charge in [0.1, 0.15) is 12.4 Å². The van der Waals surface area contributed by atoms with Gasteiger partial charge in [0, 0.05) is 0 Å². The van der Waals surface area contributed by atoms with Crippen LogP contribution < -0.4 is 4.74 Å². The Morgan fingerprint density at radius 1 is 1.17 bits per heavy atom. The number of benzene rings is 1. The fourth-order valence-corrected chi connectivity index (χ4v) is 3.57. The highest BCUT2D eigenvalue weighted by molar-refractivity contribution is 8.18. The van der Waals surface area contributed by atoms with Gasteiger partial charge >= 0.3 is 0 Å². The van der Waals surface area contributed by atoms with Crippen LogP contribution in [0.1, 0.15) is 11.1 Å². The Labute approximate surface area is 142 Å². The molecule has 1 fully saturated rings. The van der Waals surface area contributed by atoms with Gasteiger partial charge in [-0.25, -0.2) is 0 Å². The number of imide groups is 1. The number of nitrogens with zero attached hydrogens (tertiary/aromatic N) is 1. The van der Waals surface area contributed by atoms with E-state index in [2.05, 4.69) is 0 Å². The van der Waals surface area contributed by atoms with E-state index in [1.165, 1.54) is 4.90 Å². The highest BCUT2D eigenvalue weighted by atomic mass is 32.2. The molecule has 1 aromatic heterocycles. The lowest BCUT2D eigenvalue weighted by Crippen LogP contribution is -2.32. The second kappa shape index (κ2) is 7.02. The number of aryl methyl sites for hydroxylation is 1. The van der Waals surface area contributed by atoms with E-state index in [0.29, 0.717) is 4.91 Å². The van der Waals surface area contributed by atoms with Gasteiger partial charge in [-0.1, -0.05) is 17.7 Å². The molecule has 6 heteroatoms. The number of hydrogen-bond donors (Lipinski definition) is 0. The summed E-state index contributed by atoms with van der Waals surface area (Å²) >= 11 is 2.53. The van der Waals surface area contributed by atoms with Crippen LogP contribution >= 0.6 is 23.1 Å². The minimum absolute atomic E-state index is 0.246. The van der Waals surface area contributed by atoms with Crippen molar-refractivity contribution < 1.29 is 14.3 Å². The van der Waals surface area contributed by atoms with Crippen LogP contribution in [0, 0.1) is 6.92 Å². The molecule has 2 aromatic rings. The van der Waals surface area contributed by atoms with E-state index >= 15 is 0 Å². The van der Waals surface area contributed by atoms with E-state index in [1.807, 2.05) is 48.0 Å². The van der Waals surface area contributed by atoms with Crippen LogP contribution in [0.5, 0.6) is 5.75 Å². The lowest BCUT2D eigenvalue weighted by molar-refractivity contribution is -0.123. The summed E-state index contributed by atoms with van der Waals surface area (Å²) in [5.41, 5.74) is 2.10. The number of thiophene rings is 1. The van der Waals surface area contributed by atoms with Crippen LogP contribution in [0.4, 0.5) is 4.79 Å². The van der Waals surface area contributed by atoms with Gasteiger partial charge in [-0.2, -0.15) is 11.3 Å². The van der Waals surface area contributed by atoms with Gasteiger partial charge in [0.05, 0.1) is 11.4 Å². The molecule has 1 aromatic carbocycles. The van der Waals surface area contributed by atoms with E-state index in [9.17, 15) is 9.59 Å². The summed E-state index contributed by atoms with van der Waals surface area (Å²) in [6.07, 6.45) is 1.75. The Hall–Kier alpha value is -2.05. The smallest absolute Gasteiger partial charge is 0.293 e. The predicted molar refractivity (Wildman–Crippen MR) is 93.7 cm³/mol. The van der Waals surface area contributed by atoms with Gasteiger partial charge < -0.3 is 4.74 Å². The average Bonchev–Trinajstić information content (AvgIpc) is 3.13. The molecule has 3 rings (SSSR count). The zero-order valence-corrected chi connectivity index (χ0v) is 14.2. The molecule has 0 radical (unpaired) electrons. The maximum absolute atomic E-state index is 12.3. The normalized spacial score (nSPS) is 16.4. The molecule has 23 heavy (non-hydrogen) atoms. The third kappa shape index (κ3) is 3.83. The van der Waals surface area contributed by atoms with Crippen molar-refractivity contribution in [3.63, 3.8) is 0 Å². The molecule has 0 unspecified atom stereocenters. The third-order valence-electron chi connectivity index (χ3n) is 3.32. The quantitative estimate of drug-likeness (QED) is 0.763. The minimum Gasteiger partial charge on any atom is -0.492 e. The Balaban J connectivity index is 1.59. The van der Waals surface area contributed by atoms with Crippen molar-refractivity contribution in [1.29, 1.82) is 0 Å². The van der Waals surface area contributed by atoms with Gasteiger partial charge in [0.15, 0.2) is 0 Å². The van der Waals surface area contributed by atoms with Crippen LogP contribution in [0.2, 0.25) is 0 Å². The number of carbonyl (C=O) groups excluding carboxylic acids is 2. The van der Waals surface area contributed by atoms with Crippen LogP contribution in [-0.4, -0.2) is 29.2 Å². The molecule has 0 aliphatic carbocycles. The van der Waals surface area contributed by atoms with Gasteiger partial charge in [0.2, 0.25) is 0 Å². The van der Waals surface area contributed by atoms with Crippen LogP contribution in [-0.2, 0) is 4.79 Å². The zero-order chi connectivity index (χ0) is 16.2. The highest BCUT2D eigenvalue weighted by Gasteiger charge is 2.34. The number of ether oxygens (including phenoxy) is 1. The molecular formula is C17H15NO3S2. The summed E-state index contributed by atoms with van der Waals surface area (Å²) in [5.74, 6) is 0.482. The largest absolute Gasteiger partial charge is 0.492 e. The molecule has 1 saturated heterocycles. The molecule has 0 spiro atoms. The van der Waals surface area contributed by atoms with E-state index < -0.39 is 0 Å². The van der Waals surface area contributed by atoms with Crippen LogP contribution in [0.3, 0.4) is 0 Å². The average molecular weight is 345 g/mol. The summed E-state index contributed by atoms with van der Waals surface area (Å²) in [6, 6.07) is 9.58. The summed E-state index contributed by atoms with van der Waals surface area (Å²) in [6.45, 7) is 2.54. The lowest BCUT2D eigenvalue weighted by atomic mass is 10.2. The van der Waals surface area contributed by atoms with Crippen LogP contribution in [0.25, 0.3) is 6.08 Å². The van der Waals surface area contributed by atoms with E-state index in [-0.39, 0.29) is 24.3 Å². The number of hydrogen-bond acceptors (Lipinski definition) is 5. The van der Waals surface area contributed by atoms with Gasteiger partial charge in [0.25, 0.3) is 11.1 Å². The molecule has 0 atom stereocenters. The zero-order valence-electron chi connectivity index (χ0n) is 12.5. The first-order valence-electron chi connectivity index (χ1n) is 7.10. The standard InChI is InChI=1S/C17H15NO3S2/c1-12-2-4-14(5-3-12)21-8-7-18-16(19)15(23-17(18)20)10-13-6-9-22-11-13/h2-6,9-11H,7-8H2,1H3/b15-10-. The van der Waals surface area contributed by atoms with Crippen molar-refractivity contribution in [1.82, 2.24) is 4.90 Å². The van der Waals surface area contributed by atoms with E-state index in [4.69, 9.17) is 4.74 Å². The Kier molecular flexibility index (Phi) is 4.83. The summed E-state index contributed by atoms with van der Waals surface area (Å²) in [4.78, 5) is 26.0. The topological polar surface area (TPSA) is 46.6 Å². The Bertz CT molecular complexity index is 736. The lowest BCUT2D eigenvalue weighted by Gasteiger charge is -2.13. The van der Waals surface area contributed by atoms with Crippen molar-refractivity contribution >= 4 is 40.3 Å². The molecule has 2 heterocycles. The maximum atomic E-state index is 12.3. The summed E-state index contributed by atoms with van der Waals surface area (Å²) < 4.78 is 5.59. The maximum Gasteiger partial charge on any atom is 0.293 e. The van der Waals surface area contributed by atoms with Crippen molar-refractivity contribution in [2.75, 3.05) is 13.2 Å². The number of rotatable bonds is 5. The first kappa shape index (κ1) is 15.8. The number of amides is 2. The second-order valence-corrected chi connectivity index (χ2v) is 6.82. The third-order valence-corrected chi connectivity index (χ3v) is 4.93. The molecule has 2 amide bonds. The molecule has 118 valence electrons. The monoisotopic (exact) mass is 345 g/mol. The van der Waals surface area contributed by atoms with Gasteiger partial charge in [-0.15, -0.1) is 0 Å². The summed E-state index contributed by atoms with van der Waals surface area (Å²) in [5, 5.41) is 3.63. The molecule has 1 aliphatic rings. The first-order chi connectivity index (χ1) is 11.1. The van der Waals surface area contributed by atoms with E-state index in [1.54, 1.807) is 17.4 Å². The first-order valence-corrected chi connectivity index (χ1v) is 8.86. The molecular weight excluding hydrogens is 330 g/mol. The highest BCUT2D eigenvalue weighted by Crippen LogP contribution is 2.32. The fraction of sp³-hybridized carbons (Fsp3) is 0.176. The summed E-state index contributed by atoms with van der Waals surface area (Å²) in [7, 11) is 0. The van der Waals surface area contributed by atoms with Crippen LogP contribution in [0.15, 0.2) is 46.0 Å². The van der Waals surface area contributed by atoms with Crippen molar-refractivity contribution in [2.45, 2.75) is 6.92 Å². The molecule has 0 N–H and O–H groups in total. The molecule has 1 aliphatic heterocycles. The minimum atomic E-state index is -0.251. The van der Waals surface area contributed by atoms with Gasteiger partial charge in [-0.3, -0.25) is 14.5 Å². The fourth-order valence-electron chi connectivity index (χ4n) is 2.09.